The van der Waals surface area contributed by atoms with Crippen LogP contribution in [0.15, 0.2) is 73.8 Å². The molecule has 0 aliphatic carbocycles. The molecule has 0 aliphatic heterocycles. The lowest BCUT2D eigenvalue weighted by atomic mass is 10.2. The summed E-state index contributed by atoms with van der Waals surface area (Å²) in [5, 5.41) is 10.4. The van der Waals surface area contributed by atoms with Crippen LogP contribution in [-0.2, 0) is 13.1 Å². The van der Waals surface area contributed by atoms with Crippen LogP contribution in [0.2, 0.25) is 0 Å². The zero-order valence-corrected chi connectivity index (χ0v) is 18.2. The van der Waals surface area contributed by atoms with Gasteiger partial charge >= 0.3 is 0 Å². The first-order valence-electron chi connectivity index (χ1n) is 10.2. The number of methoxy groups -OCH3 is 1. The highest BCUT2D eigenvalue weighted by Gasteiger charge is 2.13. The molecule has 5 nitrogen and oxygen atoms in total. The lowest BCUT2D eigenvalue weighted by Crippen LogP contribution is -2.32. The number of nitrogens with zero attached hydrogens (tertiary/aromatic N) is 2. The Hall–Kier alpha value is -2.60. The molecule has 0 radical (unpaired) electrons. The molecule has 162 valence electrons. The zero-order valence-electron chi connectivity index (χ0n) is 18.2. The second-order valence-corrected chi connectivity index (χ2v) is 7.40. The average Bonchev–Trinajstić information content (AvgIpc) is 2.73. The number of aliphatic hydroxyl groups excluding tert-OH is 1. The summed E-state index contributed by atoms with van der Waals surface area (Å²) in [4.78, 5) is 4.30. The van der Waals surface area contributed by atoms with Crippen LogP contribution in [0, 0.1) is 0 Å². The molecule has 0 bridgehead atoms. The SMILES string of the molecule is C=CCN(CC=C)Cc1ccc(OC)c(OC[C@H](O)CN(C)Cc2ccccc2)c1. The Balaban J connectivity index is 1.93. The van der Waals surface area contributed by atoms with Crippen LogP contribution in [-0.4, -0.2) is 61.4 Å². The van der Waals surface area contributed by atoms with Gasteiger partial charge in [-0.25, -0.2) is 0 Å². The van der Waals surface area contributed by atoms with Crippen molar-refractivity contribution in [2.45, 2.75) is 19.2 Å². The fourth-order valence-electron chi connectivity index (χ4n) is 3.32. The van der Waals surface area contributed by atoms with Crippen LogP contribution in [0.4, 0.5) is 0 Å². The normalized spacial score (nSPS) is 12.0. The van der Waals surface area contributed by atoms with Crippen molar-refractivity contribution in [3.05, 3.63) is 85.0 Å². The molecular formula is C25H34N2O3. The molecule has 0 spiro atoms. The van der Waals surface area contributed by atoms with E-state index < -0.39 is 6.10 Å². The van der Waals surface area contributed by atoms with Gasteiger partial charge in [0.1, 0.15) is 12.7 Å². The Kier molecular flexibility index (Phi) is 10.1. The minimum atomic E-state index is -0.606. The number of hydrogen-bond donors (Lipinski definition) is 1. The Morgan fingerprint density at radius 2 is 1.67 bits per heavy atom. The maximum absolute atomic E-state index is 10.4. The standard InChI is InChI=1S/C25H34N2O3/c1-5-14-27(15-6-2)18-22-12-13-24(29-4)25(16-22)30-20-23(28)19-26(3)17-21-10-8-7-9-11-21/h5-13,16,23,28H,1-2,14-15,17-20H2,3-4H3/t23-/m1/s1. The molecule has 2 rings (SSSR count). The summed E-state index contributed by atoms with van der Waals surface area (Å²) in [5.74, 6) is 1.29. The highest BCUT2D eigenvalue weighted by Crippen LogP contribution is 2.28. The van der Waals surface area contributed by atoms with Gasteiger partial charge in [0.15, 0.2) is 11.5 Å². The van der Waals surface area contributed by atoms with Gasteiger partial charge in [0.25, 0.3) is 0 Å². The number of rotatable bonds is 14. The first-order chi connectivity index (χ1) is 14.5. The van der Waals surface area contributed by atoms with Crippen molar-refractivity contribution in [3.8, 4) is 11.5 Å². The van der Waals surface area contributed by atoms with E-state index in [1.54, 1.807) is 7.11 Å². The van der Waals surface area contributed by atoms with Gasteiger partial charge in [-0.15, -0.1) is 13.2 Å². The maximum Gasteiger partial charge on any atom is 0.161 e. The van der Waals surface area contributed by atoms with Crippen molar-refractivity contribution in [1.29, 1.82) is 0 Å². The van der Waals surface area contributed by atoms with E-state index in [0.717, 1.165) is 31.7 Å². The van der Waals surface area contributed by atoms with Gasteiger partial charge in [0.2, 0.25) is 0 Å². The summed E-state index contributed by atoms with van der Waals surface area (Å²) in [6.45, 7) is 11.4. The van der Waals surface area contributed by atoms with Gasteiger partial charge in [0, 0.05) is 32.7 Å². The minimum absolute atomic E-state index is 0.196. The van der Waals surface area contributed by atoms with E-state index in [9.17, 15) is 5.11 Å². The molecule has 2 aromatic rings. The predicted octanol–water partition coefficient (Wildman–Crippen LogP) is 3.74. The van der Waals surface area contributed by atoms with Crippen molar-refractivity contribution in [3.63, 3.8) is 0 Å². The van der Waals surface area contributed by atoms with Crippen LogP contribution in [0.3, 0.4) is 0 Å². The molecule has 1 N–H and O–H groups in total. The van der Waals surface area contributed by atoms with E-state index in [1.165, 1.54) is 5.56 Å². The van der Waals surface area contributed by atoms with Crippen LogP contribution in [0.25, 0.3) is 0 Å². The molecule has 0 aromatic heterocycles. The van der Waals surface area contributed by atoms with E-state index in [4.69, 9.17) is 9.47 Å². The molecule has 0 unspecified atom stereocenters. The van der Waals surface area contributed by atoms with E-state index in [2.05, 4.69) is 35.1 Å². The minimum Gasteiger partial charge on any atom is -0.493 e. The molecule has 0 saturated carbocycles. The second kappa shape index (κ2) is 12.9. The highest BCUT2D eigenvalue weighted by atomic mass is 16.5. The molecule has 5 heteroatoms. The summed E-state index contributed by atoms with van der Waals surface area (Å²) in [6, 6.07) is 16.1. The average molecular weight is 411 g/mol. The largest absolute Gasteiger partial charge is 0.493 e. The second-order valence-electron chi connectivity index (χ2n) is 7.40. The summed E-state index contributed by atoms with van der Waals surface area (Å²) < 4.78 is 11.4. The van der Waals surface area contributed by atoms with Crippen LogP contribution in [0.5, 0.6) is 11.5 Å². The fraction of sp³-hybridized carbons (Fsp3) is 0.360. The molecule has 0 saturated heterocycles. The summed E-state index contributed by atoms with van der Waals surface area (Å²) in [6.07, 6.45) is 3.16. The van der Waals surface area contributed by atoms with E-state index in [1.807, 2.05) is 55.6 Å². The third kappa shape index (κ3) is 8.03. The van der Waals surface area contributed by atoms with Gasteiger partial charge in [-0.2, -0.15) is 0 Å². The third-order valence-corrected chi connectivity index (χ3v) is 4.66. The molecule has 2 aromatic carbocycles. The Morgan fingerprint density at radius 3 is 2.30 bits per heavy atom. The van der Waals surface area contributed by atoms with Gasteiger partial charge in [-0.3, -0.25) is 9.80 Å². The summed E-state index contributed by atoms with van der Waals surface area (Å²) in [7, 11) is 3.61. The summed E-state index contributed by atoms with van der Waals surface area (Å²) in [5.41, 5.74) is 2.32. The van der Waals surface area contributed by atoms with Gasteiger partial charge < -0.3 is 14.6 Å². The lowest BCUT2D eigenvalue weighted by Gasteiger charge is -2.22. The van der Waals surface area contributed by atoms with Crippen molar-refractivity contribution in [2.24, 2.45) is 0 Å². The van der Waals surface area contributed by atoms with E-state index in [-0.39, 0.29) is 6.61 Å². The number of likely N-dealkylation sites (N-methyl/N-ethyl adjacent to an activating group) is 1. The molecular weight excluding hydrogens is 376 g/mol. The highest BCUT2D eigenvalue weighted by molar-refractivity contribution is 5.43. The Labute approximate surface area is 180 Å². The van der Waals surface area contributed by atoms with Crippen LogP contribution in [0.1, 0.15) is 11.1 Å². The fourth-order valence-corrected chi connectivity index (χ4v) is 3.32. The third-order valence-electron chi connectivity index (χ3n) is 4.66. The van der Waals surface area contributed by atoms with Crippen LogP contribution >= 0.6 is 0 Å². The monoisotopic (exact) mass is 410 g/mol. The quantitative estimate of drug-likeness (QED) is 0.481. The number of hydrogen-bond acceptors (Lipinski definition) is 5. The zero-order chi connectivity index (χ0) is 21.8. The van der Waals surface area contributed by atoms with Crippen molar-refractivity contribution in [2.75, 3.05) is 40.4 Å². The number of aliphatic hydroxyl groups is 1. The van der Waals surface area contributed by atoms with E-state index >= 15 is 0 Å². The number of benzene rings is 2. The molecule has 30 heavy (non-hydrogen) atoms. The first kappa shape index (κ1) is 23.7. The summed E-state index contributed by atoms with van der Waals surface area (Å²) >= 11 is 0. The predicted molar refractivity (Wildman–Crippen MR) is 123 cm³/mol. The van der Waals surface area contributed by atoms with Crippen LogP contribution < -0.4 is 9.47 Å². The Bertz CT molecular complexity index is 769. The van der Waals surface area contributed by atoms with Gasteiger partial charge in [0.05, 0.1) is 7.11 Å². The molecule has 0 fully saturated rings. The smallest absolute Gasteiger partial charge is 0.161 e. The molecule has 0 aliphatic rings. The maximum atomic E-state index is 10.4. The van der Waals surface area contributed by atoms with Gasteiger partial charge in [-0.05, 0) is 30.3 Å². The molecule has 1 atom stereocenters. The van der Waals surface area contributed by atoms with E-state index in [0.29, 0.717) is 18.0 Å². The van der Waals surface area contributed by atoms with Crippen molar-refractivity contribution >= 4 is 0 Å². The topological polar surface area (TPSA) is 45.2 Å². The molecule has 0 heterocycles. The Morgan fingerprint density at radius 1 is 0.967 bits per heavy atom. The van der Waals surface area contributed by atoms with Crippen molar-refractivity contribution in [1.82, 2.24) is 9.80 Å². The number of ether oxygens (including phenoxy) is 2. The first-order valence-corrected chi connectivity index (χ1v) is 10.2. The molecule has 0 amide bonds. The van der Waals surface area contributed by atoms with Crippen molar-refractivity contribution < 1.29 is 14.6 Å². The van der Waals surface area contributed by atoms with Gasteiger partial charge in [-0.1, -0.05) is 48.6 Å². The lowest BCUT2D eigenvalue weighted by molar-refractivity contribution is 0.0732.